The zero-order chi connectivity index (χ0) is 12.3. The van der Waals surface area contributed by atoms with Crippen LogP contribution in [-0.4, -0.2) is 0 Å². The lowest BCUT2D eigenvalue weighted by Gasteiger charge is -2.08. The van der Waals surface area contributed by atoms with Gasteiger partial charge >= 0.3 is 0 Å². The van der Waals surface area contributed by atoms with Crippen molar-refractivity contribution >= 4 is 5.69 Å². The van der Waals surface area contributed by atoms with E-state index in [0.29, 0.717) is 0 Å². The van der Waals surface area contributed by atoms with Gasteiger partial charge in [0.05, 0.1) is 6.54 Å². The van der Waals surface area contributed by atoms with Gasteiger partial charge < -0.3 is 15.5 Å². The lowest BCUT2D eigenvalue weighted by molar-refractivity contribution is 0.461. The predicted molar refractivity (Wildman–Crippen MR) is 69.6 cm³/mol. The Balaban J connectivity index is 1.92. The lowest BCUT2D eigenvalue weighted by atomic mass is 10.1. The van der Waals surface area contributed by atoms with E-state index in [1.165, 1.54) is 5.56 Å². The van der Waals surface area contributed by atoms with Crippen molar-refractivity contribution in [2.45, 2.75) is 26.9 Å². The fraction of sp³-hybridized carbons (Fsp3) is 0.286. The van der Waals surface area contributed by atoms with Crippen LogP contribution in [0.2, 0.25) is 0 Å². The van der Waals surface area contributed by atoms with Crippen molar-refractivity contribution in [1.29, 1.82) is 0 Å². The number of furan rings is 1. The van der Waals surface area contributed by atoms with Crippen LogP contribution in [0.25, 0.3) is 0 Å². The molecule has 17 heavy (non-hydrogen) atoms. The van der Waals surface area contributed by atoms with Crippen LogP contribution in [0.15, 0.2) is 34.7 Å². The van der Waals surface area contributed by atoms with Gasteiger partial charge in [0.15, 0.2) is 0 Å². The molecule has 0 spiro atoms. The molecule has 3 heteroatoms. The number of benzene rings is 1. The summed E-state index contributed by atoms with van der Waals surface area (Å²) in [6.45, 7) is 5.54. The van der Waals surface area contributed by atoms with Gasteiger partial charge in [-0.15, -0.1) is 0 Å². The second-order valence-corrected chi connectivity index (χ2v) is 4.25. The summed E-state index contributed by atoms with van der Waals surface area (Å²) in [6.07, 6.45) is 0. The molecule has 0 aliphatic rings. The number of aryl methyl sites for hydroxylation is 1. The average molecular weight is 230 g/mol. The second kappa shape index (κ2) is 5.06. The average Bonchev–Trinajstić information content (AvgIpc) is 2.70. The number of anilines is 1. The van der Waals surface area contributed by atoms with Crippen molar-refractivity contribution < 1.29 is 4.42 Å². The van der Waals surface area contributed by atoms with E-state index in [1.54, 1.807) is 0 Å². The van der Waals surface area contributed by atoms with Crippen LogP contribution < -0.4 is 11.1 Å². The molecule has 2 rings (SSSR count). The fourth-order valence-corrected chi connectivity index (χ4v) is 1.80. The smallest absolute Gasteiger partial charge is 0.117 e. The van der Waals surface area contributed by atoms with Crippen LogP contribution in [0.3, 0.4) is 0 Å². The normalized spacial score (nSPS) is 10.7. The summed E-state index contributed by atoms with van der Waals surface area (Å²) in [6, 6.07) is 9.97. The van der Waals surface area contributed by atoms with Gasteiger partial charge in [-0.2, -0.15) is 0 Å². The van der Waals surface area contributed by atoms with Gasteiger partial charge in [0.2, 0.25) is 0 Å². The zero-order valence-electron chi connectivity index (χ0n) is 10.3. The Morgan fingerprint density at radius 2 is 1.94 bits per heavy atom. The lowest BCUT2D eigenvalue weighted by Crippen LogP contribution is -2.13. The minimum absolute atomic E-state index is 0.738. The number of hydrogen-bond acceptors (Lipinski definition) is 3. The summed E-state index contributed by atoms with van der Waals surface area (Å²) >= 11 is 0. The first-order chi connectivity index (χ1) is 8.16. The molecule has 0 unspecified atom stereocenters. The van der Waals surface area contributed by atoms with Crippen LogP contribution in [0.1, 0.15) is 22.6 Å². The third-order valence-electron chi connectivity index (χ3n) is 2.90. The first kappa shape index (κ1) is 11.7. The Kier molecular flexibility index (Phi) is 3.49. The molecule has 0 aliphatic heterocycles. The fourth-order valence-electron chi connectivity index (χ4n) is 1.80. The maximum atomic E-state index is 5.86. The van der Waals surface area contributed by atoms with E-state index in [-0.39, 0.29) is 0 Å². The molecule has 0 saturated carbocycles. The molecule has 0 saturated heterocycles. The number of nitrogen functional groups attached to an aromatic ring is 1. The van der Waals surface area contributed by atoms with E-state index in [4.69, 9.17) is 10.2 Å². The first-order valence-corrected chi connectivity index (χ1v) is 5.77. The summed E-state index contributed by atoms with van der Waals surface area (Å²) in [4.78, 5) is 0. The quantitative estimate of drug-likeness (QED) is 0.794. The molecule has 0 aliphatic carbocycles. The maximum Gasteiger partial charge on any atom is 0.117 e. The summed E-state index contributed by atoms with van der Waals surface area (Å²) in [5, 5.41) is 3.35. The summed E-state index contributed by atoms with van der Waals surface area (Å²) in [5.74, 6) is 1.91. The van der Waals surface area contributed by atoms with Crippen molar-refractivity contribution in [2.75, 3.05) is 5.73 Å². The summed E-state index contributed by atoms with van der Waals surface area (Å²) in [7, 11) is 0. The Morgan fingerprint density at radius 3 is 2.65 bits per heavy atom. The molecule has 0 atom stereocenters. The molecule has 0 bridgehead atoms. The highest BCUT2D eigenvalue weighted by Gasteiger charge is 2.02. The standard InChI is InChI=1S/C14H18N2O/c1-10-6-7-13(17-10)9-16-8-12-4-3-5-14(15)11(12)2/h3-7,16H,8-9,15H2,1-2H3. The Labute approximate surface area is 102 Å². The van der Waals surface area contributed by atoms with Crippen molar-refractivity contribution in [3.63, 3.8) is 0 Å². The molecule has 1 aromatic heterocycles. The SMILES string of the molecule is Cc1ccc(CNCc2cccc(N)c2C)o1. The van der Waals surface area contributed by atoms with Crippen molar-refractivity contribution in [2.24, 2.45) is 0 Å². The van der Waals surface area contributed by atoms with E-state index in [2.05, 4.69) is 11.4 Å². The number of rotatable bonds is 4. The molecule has 1 aromatic carbocycles. The van der Waals surface area contributed by atoms with Crippen LogP contribution >= 0.6 is 0 Å². The van der Waals surface area contributed by atoms with E-state index < -0.39 is 0 Å². The number of nitrogens with one attached hydrogen (secondary N) is 1. The van der Waals surface area contributed by atoms with E-state index >= 15 is 0 Å². The van der Waals surface area contributed by atoms with Crippen molar-refractivity contribution in [1.82, 2.24) is 5.32 Å². The highest BCUT2D eigenvalue weighted by molar-refractivity contribution is 5.49. The second-order valence-electron chi connectivity index (χ2n) is 4.25. The zero-order valence-corrected chi connectivity index (χ0v) is 10.3. The molecule has 90 valence electrons. The van der Waals surface area contributed by atoms with Gasteiger partial charge in [0.25, 0.3) is 0 Å². The van der Waals surface area contributed by atoms with Gasteiger partial charge in [-0.1, -0.05) is 12.1 Å². The molecule has 2 aromatic rings. The molecular formula is C14H18N2O. The van der Waals surface area contributed by atoms with Crippen molar-refractivity contribution in [3.8, 4) is 0 Å². The molecule has 0 amide bonds. The van der Waals surface area contributed by atoms with Gasteiger partial charge in [-0.25, -0.2) is 0 Å². The Morgan fingerprint density at radius 1 is 1.12 bits per heavy atom. The van der Waals surface area contributed by atoms with E-state index in [9.17, 15) is 0 Å². The molecular weight excluding hydrogens is 212 g/mol. The van der Waals surface area contributed by atoms with Crippen LogP contribution in [0, 0.1) is 13.8 Å². The summed E-state index contributed by atoms with van der Waals surface area (Å²) < 4.78 is 5.49. The van der Waals surface area contributed by atoms with Crippen LogP contribution in [0.4, 0.5) is 5.69 Å². The Bertz CT molecular complexity index is 503. The number of hydrogen-bond donors (Lipinski definition) is 2. The highest BCUT2D eigenvalue weighted by atomic mass is 16.3. The van der Waals surface area contributed by atoms with Crippen LogP contribution in [-0.2, 0) is 13.1 Å². The van der Waals surface area contributed by atoms with E-state index in [1.807, 2.05) is 38.1 Å². The molecule has 3 N–H and O–H groups in total. The molecule has 1 heterocycles. The molecule has 3 nitrogen and oxygen atoms in total. The number of nitrogens with two attached hydrogens (primary N) is 1. The predicted octanol–water partition coefficient (Wildman–Crippen LogP) is 2.77. The first-order valence-electron chi connectivity index (χ1n) is 5.77. The minimum Gasteiger partial charge on any atom is -0.465 e. The van der Waals surface area contributed by atoms with Crippen LogP contribution in [0.5, 0.6) is 0 Å². The van der Waals surface area contributed by atoms with Gasteiger partial charge in [0.1, 0.15) is 11.5 Å². The topological polar surface area (TPSA) is 51.2 Å². The minimum atomic E-state index is 0.738. The Hall–Kier alpha value is -1.74. The third-order valence-corrected chi connectivity index (χ3v) is 2.90. The van der Waals surface area contributed by atoms with Crippen molar-refractivity contribution in [3.05, 3.63) is 53.0 Å². The maximum absolute atomic E-state index is 5.86. The monoisotopic (exact) mass is 230 g/mol. The van der Waals surface area contributed by atoms with Gasteiger partial charge in [0, 0.05) is 12.2 Å². The largest absolute Gasteiger partial charge is 0.465 e. The van der Waals surface area contributed by atoms with Gasteiger partial charge in [-0.05, 0) is 43.2 Å². The van der Waals surface area contributed by atoms with E-state index in [0.717, 1.165) is 35.9 Å². The third kappa shape index (κ3) is 2.88. The molecule has 0 fully saturated rings. The molecule has 0 radical (unpaired) electrons. The summed E-state index contributed by atoms with van der Waals surface area (Å²) in [5.41, 5.74) is 9.08. The van der Waals surface area contributed by atoms with Gasteiger partial charge in [-0.3, -0.25) is 0 Å². The highest BCUT2D eigenvalue weighted by Crippen LogP contribution is 2.15.